The summed E-state index contributed by atoms with van der Waals surface area (Å²) in [4.78, 5) is 31.3. The molecule has 5 N–H and O–H groups in total. The number of carboxylic acids is 2. The van der Waals surface area contributed by atoms with Crippen LogP contribution in [-0.4, -0.2) is 41.1 Å². The first-order valence-electron chi connectivity index (χ1n) is 11.8. The molecule has 1 fully saturated rings. The van der Waals surface area contributed by atoms with E-state index in [1.807, 2.05) is 18.2 Å². The van der Waals surface area contributed by atoms with Crippen molar-refractivity contribution in [3.8, 4) is 0 Å². The molecular formula is C26H32ClN3O5. The molecule has 0 aromatic heterocycles. The molecule has 1 heterocycles. The van der Waals surface area contributed by atoms with Crippen LogP contribution in [-0.2, 0) is 33.8 Å². The zero-order chi connectivity index (χ0) is 25.4. The fourth-order valence-corrected chi connectivity index (χ4v) is 4.21. The van der Waals surface area contributed by atoms with Gasteiger partial charge >= 0.3 is 11.9 Å². The van der Waals surface area contributed by atoms with Gasteiger partial charge in [-0.1, -0.05) is 36.7 Å². The number of fused-ring (bicyclic) bond motifs is 1. The number of carbonyl (C=O) groups excluding carboxylic acids is 1. The minimum atomic E-state index is -1.08. The summed E-state index contributed by atoms with van der Waals surface area (Å²) in [6.45, 7) is 4.82. The largest absolute Gasteiger partial charge is 0.481 e. The maximum Gasteiger partial charge on any atom is 0.303 e. The molecule has 2 aliphatic rings. The maximum atomic E-state index is 12.0. The van der Waals surface area contributed by atoms with Crippen LogP contribution in [0.3, 0.4) is 0 Å². The second-order valence-electron chi connectivity index (χ2n) is 8.96. The Hall–Kier alpha value is -3.10. The van der Waals surface area contributed by atoms with Crippen molar-refractivity contribution in [1.29, 1.82) is 0 Å². The van der Waals surface area contributed by atoms with Gasteiger partial charge in [0.1, 0.15) is 0 Å². The molecule has 8 nitrogen and oxygen atoms in total. The van der Waals surface area contributed by atoms with Crippen LogP contribution >= 0.6 is 11.6 Å². The number of anilines is 2. The van der Waals surface area contributed by atoms with Gasteiger partial charge in [-0.15, -0.1) is 0 Å². The van der Waals surface area contributed by atoms with Crippen molar-refractivity contribution in [2.24, 2.45) is 11.8 Å². The van der Waals surface area contributed by atoms with Crippen molar-refractivity contribution in [2.75, 3.05) is 23.7 Å². The lowest BCUT2D eigenvalue weighted by Gasteiger charge is -2.16. The average Bonchev–Trinajstić information content (AvgIpc) is 3.60. The fraction of sp³-hybridized carbons (Fsp3) is 0.423. The first-order chi connectivity index (χ1) is 16.7. The minimum Gasteiger partial charge on any atom is -0.481 e. The van der Waals surface area contributed by atoms with Gasteiger partial charge in [-0.3, -0.25) is 14.4 Å². The summed E-state index contributed by atoms with van der Waals surface area (Å²) in [6.07, 6.45) is 2.44. The lowest BCUT2D eigenvalue weighted by molar-refractivity contribution is -0.143. The Morgan fingerprint density at radius 3 is 2.23 bits per heavy atom. The van der Waals surface area contributed by atoms with Crippen molar-refractivity contribution in [3.63, 3.8) is 0 Å². The first-order valence-corrected chi connectivity index (χ1v) is 12.2. The molecule has 0 radical (unpaired) electrons. The van der Waals surface area contributed by atoms with Crippen LogP contribution in [0, 0.1) is 11.8 Å². The van der Waals surface area contributed by atoms with Crippen LogP contribution in [0.15, 0.2) is 36.4 Å². The van der Waals surface area contributed by atoms with Gasteiger partial charge in [0.05, 0.1) is 23.6 Å². The van der Waals surface area contributed by atoms with E-state index < -0.39 is 11.9 Å². The second-order valence-corrected chi connectivity index (χ2v) is 9.36. The van der Waals surface area contributed by atoms with Gasteiger partial charge in [0, 0.05) is 18.2 Å². The van der Waals surface area contributed by atoms with E-state index in [1.165, 1.54) is 11.1 Å². The van der Waals surface area contributed by atoms with Crippen molar-refractivity contribution >= 4 is 40.8 Å². The number of hydrogen-bond acceptors (Lipinski definition) is 5. The van der Waals surface area contributed by atoms with Crippen molar-refractivity contribution in [3.05, 3.63) is 58.1 Å². The van der Waals surface area contributed by atoms with Crippen molar-refractivity contribution in [2.45, 2.75) is 45.6 Å². The van der Waals surface area contributed by atoms with Gasteiger partial charge < -0.3 is 26.2 Å². The third kappa shape index (κ3) is 8.26. The summed E-state index contributed by atoms with van der Waals surface area (Å²) in [5, 5.41) is 26.6. The average molecular weight is 502 g/mol. The van der Waals surface area contributed by atoms with Gasteiger partial charge in [0.25, 0.3) is 0 Å². The lowest BCUT2D eigenvalue weighted by atomic mass is 10.0. The van der Waals surface area contributed by atoms with Gasteiger partial charge in [0.2, 0.25) is 5.91 Å². The highest BCUT2D eigenvalue weighted by Crippen LogP contribution is 2.38. The van der Waals surface area contributed by atoms with E-state index in [4.69, 9.17) is 21.8 Å². The normalized spacial score (nSPS) is 18.2. The Morgan fingerprint density at radius 1 is 1.00 bits per heavy atom. The number of halogens is 1. The maximum absolute atomic E-state index is 12.0. The summed E-state index contributed by atoms with van der Waals surface area (Å²) in [5.41, 5.74) is 5.78. The SMILES string of the molecule is CC1CC1C(=O)Nc1ccc(CNc2c(Cl)ccc3c2CCNCC3)cc1.O=C(O)CCC(=O)O. The smallest absolute Gasteiger partial charge is 0.303 e. The van der Waals surface area contributed by atoms with Gasteiger partial charge in [-0.2, -0.15) is 0 Å². The number of aliphatic carboxylic acids is 2. The zero-order valence-corrected chi connectivity index (χ0v) is 20.5. The predicted octanol–water partition coefficient (Wildman–Crippen LogP) is 4.17. The van der Waals surface area contributed by atoms with Crippen LogP contribution < -0.4 is 16.0 Å². The van der Waals surface area contributed by atoms with E-state index in [2.05, 4.69) is 41.1 Å². The highest BCUT2D eigenvalue weighted by atomic mass is 35.5. The topological polar surface area (TPSA) is 128 Å². The Labute approximate surface area is 210 Å². The molecule has 0 saturated heterocycles. The van der Waals surface area contributed by atoms with Crippen LogP contribution in [0.5, 0.6) is 0 Å². The number of nitrogens with one attached hydrogen (secondary N) is 3. The number of carboxylic acid groups (broad SMARTS) is 2. The first kappa shape index (κ1) is 26.5. The van der Waals surface area contributed by atoms with Gasteiger partial charge in [0.15, 0.2) is 0 Å². The molecule has 35 heavy (non-hydrogen) atoms. The molecule has 2 unspecified atom stereocenters. The van der Waals surface area contributed by atoms with Crippen molar-refractivity contribution in [1.82, 2.24) is 5.32 Å². The van der Waals surface area contributed by atoms with Crippen LogP contribution in [0.4, 0.5) is 11.4 Å². The predicted molar refractivity (Wildman–Crippen MR) is 136 cm³/mol. The Bertz CT molecular complexity index is 1040. The molecule has 2 aromatic carbocycles. The molecule has 1 amide bonds. The summed E-state index contributed by atoms with van der Waals surface area (Å²) in [7, 11) is 0. The van der Waals surface area contributed by atoms with E-state index in [0.29, 0.717) is 12.5 Å². The molecule has 1 aliphatic heterocycles. The molecule has 9 heteroatoms. The third-order valence-corrected chi connectivity index (χ3v) is 6.49. The minimum absolute atomic E-state index is 0.140. The molecule has 0 spiro atoms. The highest BCUT2D eigenvalue weighted by molar-refractivity contribution is 6.33. The zero-order valence-electron chi connectivity index (χ0n) is 19.8. The molecule has 1 aliphatic carbocycles. The summed E-state index contributed by atoms with van der Waals surface area (Å²) >= 11 is 6.48. The van der Waals surface area contributed by atoms with E-state index in [1.54, 1.807) is 0 Å². The standard InChI is InChI=1S/C22H26ClN3O.C4H6O4/c1-14-12-19(14)22(27)26-17-5-2-15(3-6-17)13-25-21-18-9-11-24-10-8-16(18)4-7-20(21)23;5-3(6)1-2-4(7)8/h2-7,14,19,24-25H,8-13H2,1H3,(H,26,27);1-2H2,(H,5,6)(H,7,8). The summed E-state index contributed by atoms with van der Waals surface area (Å²) in [5.74, 6) is -1.30. The van der Waals surface area contributed by atoms with Gasteiger partial charge in [-0.05, 0) is 73.2 Å². The number of benzene rings is 2. The van der Waals surface area contributed by atoms with Crippen molar-refractivity contribution < 1.29 is 24.6 Å². The van der Waals surface area contributed by atoms with Crippen LogP contribution in [0.1, 0.15) is 42.9 Å². The lowest BCUT2D eigenvalue weighted by Crippen LogP contribution is -2.16. The quantitative estimate of drug-likeness (QED) is 0.367. The van der Waals surface area contributed by atoms with Crippen LogP contribution in [0.25, 0.3) is 0 Å². The van der Waals surface area contributed by atoms with E-state index in [-0.39, 0.29) is 24.7 Å². The highest BCUT2D eigenvalue weighted by Gasteiger charge is 2.39. The molecule has 0 bridgehead atoms. The Morgan fingerprint density at radius 2 is 1.63 bits per heavy atom. The molecule has 4 rings (SSSR count). The van der Waals surface area contributed by atoms with Crippen LogP contribution in [0.2, 0.25) is 5.02 Å². The molecule has 2 aromatic rings. The number of carbonyl (C=O) groups is 3. The monoisotopic (exact) mass is 501 g/mol. The summed E-state index contributed by atoms with van der Waals surface area (Å²) in [6, 6.07) is 12.2. The van der Waals surface area contributed by atoms with E-state index >= 15 is 0 Å². The number of rotatable bonds is 8. The molecule has 188 valence electrons. The molecule has 2 atom stereocenters. The summed E-state index contributed by atoms with van der Waals surface area (Å²) < 4.78 is 0. The van der Waals surface area contributed by atoms with E-state index in [9.17, 15) is 14.4 Å². The molecular weight excluding hydrogens is 470 g/mol. The molecule has 1 saturated carbocycles. The van der Waals surface area contributed by atoms with E-state index in [0.717, 1.165) is 54.3 Å². The second kappa shape index (κ2) is 12.6. The number of amides is 1. The fourth-order valence-electron chi connectivity index (χ4n) is 3.97. The Balaban J connectivity index is 0.000000371. The number of hydrogen-bond donors (Lipinski definition) is 5. The third-order valence-electron chi connectivity index (χ3n) is 6.17. The Kier molecular flexibility index (Phi) is 9.51. The van der Waals surface area contributed by atoms with Gasteiger partial charge in [-0.25, -0.2) is 0 Å².